The Morgan fingerprint density at radius 1 is 1.14 bits per heavy atom. The second-order valence-corrected chi connectivity index (χ2v) is 6.68. The molecule has 1 aliphatic heterocycles. The van der Waals surface area contributed by atoms with Crippen LogP contribution in [0.2, 0.25) is 0 Å². The van der Waals surface area contributed by atoms with Gasteiger partial charge in [-0.2, -0.15) is 13.2 Å². The SMILES string of the molecule is CC1Cc2ccccc2N1C(=O)CNc1cccc(C(=O)NCC(F)(F)F)c1. The molecule has 28 heavy (non-hydrogen) atoms. The number of halogens is 3. The van der Waals surface area contributed by atoms with Gasteiger partial charge in [-0.25, -0.2) is 0 Å². The summed E-state index contributed by atoms with van der Waals surface area (Å²) in [6.45, 7) is 0.587. The fourth-order valence-electron chi connectivity index (χ4n) is 3.26. The summed E-state index contributed by atoms with van der Waals surface area (Å²) >= 11 is 0. The maximum atomic E-state index is 12.7. The van der Waals surface area contributed by atoms with Gasteiger partial charge in [-0.05, 0) is 43.2 Å². The third kappa shape index (κ3) is 4.62. The number of nitrogens with zero attached hydrogens (tertiary/aromatic N) is 1. The van der Waals surface area contributed by atoms with Gasteiger partial charge < -0.3 is 15.5 Å². The highest BCUT2D eigenvalue weighted by molar-refractivity contribution is 5.99. The van der Waals surface area contributed by atoms with E-state index in [1.807, 2.05) is 36.5 Å². The van der Waals surface area contributed by atoms with Gasteiger partial charge in [-0.1, -0.05) is 24.3 Å². The Morgan fingerprint density at radius 3 is 2.64 bits per heavy atom. The zero-order valence-electron chi connectivity index (χ0n) is 15.2. The smallest absolute Gasteiger partial charge is 0.376 e. The van der Waals surface area contributed by atoms with Gasteiger partial charge in [0.1, 0.15) is 6.54 Å². The minimum Gasteiger partial charge on any atom is -0.376 e. The van der Waals surface area contributed by atoms with Crippen LogP contribution in [-0.2, 0) is 11.2 Å². The quantitative estimate of drug-likeness (QED) is 0.822. The van der Waals surface area contributed by atoms with Gasteiger partial charge in [-0.3, -0.25) is 9.59 Å². The maximum Gasteiger partial charge on any atom is 0.405 e. The van der Waals surface area contributed by atoms with Crippen LogP contribution in [0.3, 0.4) is 0 Å². The fourth-order valence-corrected chi connectivity index (χ4v) is 3.26. The Labute approximate surface area is 160 Å². The van der Waals surface area contributed by atoms with Crippen LogP contribution in [0.5, 0.6) is 0 Å². The molecule has 0 fully saturated rings. The van der Waals surface area contributed by atoms with Crippen LogP contribution in [0, 0.1) is 0 Å². The first-order chi connectivity index (χ1) is 13.2. The van der Waals surface area contributed by atoms with E-state index in [1.165, 1.54) is 12.1 Å². The summed E-state index contributed by atoms with van der Waals surface area (Å²) in [4.78, 5) is 26.3. The highest BCUT2D eigenvalue weighted by Crippen LogP contribution is 2.31. The van der Waals surface area contributed by atoms with Crippen LogP contribution in [0.25, 0.3) is 0 Å². The molecule has 5 nitrogen and oxygen atoms in total. The number of nitrogens with one attached hydrogen (secondary N) is 2. The Balaban J connectivity index is 1.62. The second kappa shape index (κ2) is 7.92. The molecule has 0 radical (unpaired) electrons. The van der Waals surface area contributed by atoms with Crippen molar-refractivity contribution >= 4 is 23.2 Å². The van der Waals surface area contributed by atoms with Gasteiger partial charge in [-0.15, -0.1) is 0 Å². The first-order valence-electron chi connectivity index (χ1n) is 8.83. The first-order valence-corrected chi connectivity index (χ1v) is 8.83. The Morgan fingerprint density at radius 2 is 1.89 bits per heavy atom. The van der Waals surface area contributed by atoms with Crippen LogP contribution in [0.4, 0.5) is 24.5 Å². The lowest BCUT2D eigenvalue weighted by Crippen LogP contribution is -2.39. The summed E-state index contributed by atoms with van der Waals surface area (Å²) < 4.78 is 36.7. The Bertz CT molecular complexity index is 883. The van der Waals surface area contributed by atoms with E-state index in [9.17, 15) is 22.8 Å². The molecular formula is C20H20F3N3O2. The molecular weight excluding hydrogens is 371 g/mol. The molecule has 1 heterocycles. The number of amides is 2. The van der Waals surface area contributed by atoms with Gasteiger partial charge in [0.25, 0.3) is 5.91 Å². The molecule has 3 rings (SSSR count). The summed E-state index contributed by atoms with van der Waals surface area (Å²) in [5.74, 6) is -0.946. The van der Waals surface area contributed by atoms with Gasteiger partial charge in [0, 0.05) is 23.0 Å². The molecule has 0 spiro atoms. The number of carbonyl (C=O) groups is 2. The van der Waals surface area contributed by atoms with Crippen LogP contribution in [0.1, 0.15) is 22.8 Å². The number of anilines is 2. The van der Waals surface area contributed by atoms with E-state index < -0.39 is 18.6 Å². The van der Waals surface area contributed by atoms with E-state index in [0.29, 0.717) is 5.69 Å². The van der Waals surface area contributed by atoms with Gasteiger partial charge in [0.05, 0.1) is 6.54 Å². The lowest BCUT2D eigenvalue weighted by atomic mass is 10.1. The molecule has 0 saturated heterocycles. The zero-order valence-corrected chi connectivity index (χ0v) is 15.2. The molecule has 2 aromatic carbocycles. The largest absolute Gasteiger partial charge is 0.405 e. The lowest BCUT2D eigenvalue weighted by molar-refractivity contribution is -0.123. The van der Waals surface area contributed by atoms with Crippen molar-refractivity contribution in [3.63, 3.8) is 0 Å². The van der Waals surface area contributed by atoms with Crippen LogP contribution in [0.15, 0.2) is 48.5 Å². The zero-order chi connectivity index (χ0) is 20.3. The summed E-state index contributed by atoms with van der Waals surface area (Å²) in [6, 6.07) is 13.8. The number of hydrogen-bond donors (Lipinski definition) is 2. The minimum absolute atomic E-state index is 0.00625. The number of benzene rings is 2. The van der Waals surface area contributed by atoms with Crippen molar-refractivity contribution in [2.75, 3.05) is 23.3 Å². The highest BCUT2D eigenvalue weighted by atomic mass is 19.4. The van der Waals surface area contributed by atoms with E-state index in [0.717, 1.165) is 17.7 Å². The number of rotatable bonds is 5. The summed E-state index contributed by atoms with van der Waals surface area (Å²) in [5, 5.41) is 4.77. The molecule has 2 aromatic rings. The van der Waals surface area contributed by atoms with Crippen molar-refractivity contribution in [2.24, 2.45) is 0 Å². The molecule has 0 aromatic heterocycles. The van der Waals surface area contributed by atoms with E-state index >= 15 is 0 Å². The Hall–Kier alpha value is -3.03. The van der Waals surface area contributed by atoms with Crippen molar-refractivity contribution < 1.29 is 22.8 Å². The number of para-hydroxylation sites is 1. The highest BCUT2D eigenvalue weighted by Gasteiger charge is 2.30. The molecule has 2 amide bonds. The van der Waals surface area contributed by atoms with Crippen LogP contribution < -0.4 is 15.5 Å². The number of hydrogen-bond acceptors (Lipinski definition) is 3. The van der Waals surface area contributed by atoms with Gasteiger partial charge >= 0.3 is 6.18 Å². The molecule has 148 valence electrons. The third-order valence-corrected chi connectivity index (χ3v) is 4.49. The standard InChI is InChI=1S/C20H20F3N3O2/c1-13-9-14-5-2-3-8-17(14)26(13)18(27)11-24-16-7-4-6-15(10-16)19(28)25-12-20(21,22)23/h2-8,10,13,24H,9,11-12H2,1H3,(H,25,28). The maximum absolute atomic E-state index is 12.7. The molecule has 1 atom stereocenters. The minimum atomic E-state index is -4.47. The number of alkyl halides is 3. The first kappa shape index (κ1) is 19.7. The molecule has 1 unspecified atom stereocenters. The van der Waals surface area contributed by atoms with Crippen molar-refractivity contribution in [1.82, 2.24) is 5.32 Å². The average molecular weight is 391 g/mol. The lowest BCUT2D eigenvalue weighted by Gasteiger charge is -2.23. The fraction of sp³-hybridized carbons (Fsp3) is 0.300. The van der Waals surface area contributed by atoms with Crippen molar-refractivity contribution in [1.29, 1.82) is 0 Å². The normalized spacial score (nSPS) is 15.9. The monoisotopic (exact) mass is 391 g/mol. The van der Waals surface area contributed by atoms with Crippen molar-refractivity contribution in [3.05, 3.63) is 59.7 Å². The number of carbonyl (C=O) groups excluding carboxylic acids is 2. The third-order valence-electron chi connectivity index (χ3n) is 4.49. The van der Waals surface area contributed by atoms with Crippen molar-refractivity contribution in [3.8, 4) is 0 Å². The average Bonchev–Trinajstić information content (AvgIpc) is 2.99. The Kier molecular flexibility index (Phi) is 5.58. The summed E-state index contributed by atoms with van der Waals surface area (Å²) in [6.07, 6.45) is -3.68. The number of fused-ring (bicyclic) bond motifs is 1. The van der Waals surface area contributed by atoms with Gasteiger partial charge in [0.15, 0.2) is 0 Å². The molecule has 0 saturated carbocycles. The van der Waals surface area contributed by atoms with Crippen LogP contribution >= 0.6 is 0 Å². The molecule has 0 aliphatic carbocycles. The van der Waals surface area contributed by atoms with E-state index in [2.05, 4.69) is 5.32 Å². The molecule has 0 bridgehead atoms. The van der Waals surface area contributed by atoms with Crippen LogP contribution in [-0.4, -0.2) is 37.1 Å². The molecule has 2 N–H and O–H groups in total. The summed E-state index contributed by atoms with van der Waals surface area (Å²) in [5.41, 5.74) is 2.57. The second-order valence-electron chi connectivity index (χ2n) is 6.68. The van der Waals surface area contributed by atoms with E-state index in [4.69, 9.17) is 0 Å². The molecule has 1 aliphatic rings. The van der Waals surface area contributed by atoms with E-state index in [-0.39, 0.29) is 24.1 Å². The van der Waals surface area contributed by atoms with Gasteiger partial charge in [0.2, 0.25) is 5.91 Å². The van der Waals surface area contributed by atoms with Crippen molar-refractivity contribution in [2.45, 2.75) is 25.6 Å². The summed E-state index contributed by atoms with van der Waals surface area (Å²) in [7, 11) is 0. The predicted molar refractivity (Wildman–Crippen MR) is 100 cm³/mol. The molecule has 8 heteroatoms. The topological polar surface area (TPSA) is 61.4 Å². The predicted octanol–water partition coefficient (Wildman–Crippen LogP) is 3.37. The van der Waals surface area contributed by atoms with E-state index in [1.54, 1.807) is 17.0 Å².